The van der Waals surface area contributed by atoms with E-state index in [1.165, 1.54) is 12.1 Å². The van der Waals surface area contributed by atoms with Crippen LogP contribution in [0.15, 0.2) is 69.6 Å². The monoisotopic (exact) mass is 483 g/mol. The number of amides is 1. The molecule has 0 radical (unpaired) electrons. The number of halogens is 2. The molecule has 0 saturated carbocycles. The molecule has 2 aliphatic rings. The predicted octanol–water partition coefficient (Wildman–Crippen LogP) is 5.23. The Morgan fingerprint density at radius 3 is 2.55 bits per heavy atom. The molecule has 0 saturated heterocycles. The average molecular weight is 484 g/mol. The normalized spacial score (nSPS) is 20.3. The summed E-state index contributed by atoms with van der Waals surface area (Å²) in [5.74, 6) is -0.877. The number of dihydropyridines is 1. The quantitative estimate of drug-likeness (QED) is 0.627. The number of aromatic nitrogens is 1. The molecule has 0 bridgehead atoms. The van der Waals surface area contributed by atoms with Crippen molar-refractivity contribution in [3.8, 4) is 0 Å². The number of nitrogens with one attached hydrogen (secondary N) is 2. The molecule has 2 aromatic rings. The van der Waals surface area contributed by atoms with E-state index in [2.05, 4.69) is 45.4 Å². The lowest BCUT2D eigenvalue weighted by Gasteiger charge is -2.39. The van der Waals surface area contributed by atoms with Gasteiger partial charge in [-0.1, -0.05) is 26.0 Å². The maximum atomic E-state index is 13.6. The SMILES string of the molecule is CC1=C(C(=O)Nc2ccc(Br)cn2)C(c2ccc(F)cc2)C2=C(CC(C)(C)CC2=O)N1. The number of benzene rings is 1. The molecular formula is C24H23BrFN3O2. The summed E-state index contributed by atoms with van der Waals surface area (Å²) in [6.07, 6.45) is 2.69. The summed E-state index contributed by atoms with van der Waals surface area (Å²) >= 11 is 3.33. The summed E-state index contributed by atoms with van der Waals surface area (Å²) in [5.41, 5.74) is 3.07. The van der Waals surface area contributed by atoms with Crippen LogP contribution in [0.1, 0.15) is 45.1 Å². The van der Waals surface area contributed by atoms with Crippen molar-refractivity contribution in [3.63, 3.8) is 0 Å². The summed E-state index contributed by atoms with van der Waals surface area (Å²) < 4.78 is 14.4. The highest BCUT2D eigenvalue weighted by molar-refractivity contribution is 9.10. The van der Waals surface area contributed by atoms with Gasteiger partial charge in [-0.3, -0.25) is 9.59 Å². The smallest absolute Gasteiger partial charge is 0.255 e. The van der Waals surface area contributed by atoms with Gasteiger partial charge in [0, 0.05) is 45.5 Å². The zero-order valence-corrected chi connectivity index (χ0v) is 19.1. The van der Waals surface area contributed by atoms with Crippen LogP contribution in [0.25, 0.3) is 0 Å². The summed E-state index contributed by atoms with van der Waals surface area (Å²) in [5, 5.41) is 6.15. The van der Waals surface area contributed by atoms with E-state index >= 15 is 0 Å². The summed E-state index contributed by atoms with van der Waals surface area (Å²) in [4.78, 5) is 30.8. The van der Waals surface area contributed by atoms with Crippen LogP contribution < -0.4 is 10.6 Å². The number of allylic oxidation sites excluding steroid dienone is 3. The Morgan fingerprint density at radius 1 is 1.19 bits per heavy atom. The fraction of sp³-hybridized carbons (Fsp3) is 0.292. The van der Waals surface area contributed by atoms with Crippen molar-refractivity contribution in [2.45, 2.75) is 39.5 Å². The van der Waals surface area contributed by atoms with Crippen LogP contribution in [0.2, 0.25) is 0 Å². The Bertz CT molecular complexity index is 1120. The van der Waals surface area contributed by atoms with Crippen molar-refractivity contribution in [3.05, 3.63) is 81.0 Å². The first-order chi connectivity index (χ1) is 14.6. The fourth-order valence-electron chi connectivity index (χ4n) is 4.36. The number of hydrogen-bond donors (Lipinski definition) is 2. The van der Waals surface area contributed by atoms with Gasteiger partial charge in [0.25, 0.3) is 5.91 Å². The average Bonchev–Trinajstić information content (AvgIpc) is 2.68. The highest BCUT2D eigenvalue weighted by Gasteiger charge is 2.42. The van der Waals surface area contributed by atoms with Crippen LogP contribution >= 0.6 is 15.9 Å². The van der Waals surface area contributed by atoms with Gasteiger partial charge < -0.3 is 10.6 Å². The van der Waals surface area contributed by atoms with E-state index in [0.717, 1.165) is 10.2 Å². The molecule has 2 heterocycles. The summed E-state index contributed by atoms with van der Waals surface area (Å²) in [6, 6.07) is 9.47. The number of Topliss-reactive ketones (excluding diaryl/α,β-unsaturated/α-hetero) is 1. The Hall–Kier alpha value is -2.80. The van der Waals surface area contributed by atoms with Gasteiger partial charge in [-0.15, -0.1) is 0 Å². The molecule has 1 aromatic heterocycles. The second-order valence-electron chi connectivity index (χ2n) is 8.80. The molecule has 1 amide bonds. The van der Waals surface area contributed by atoms with Gasteiger partial charge in [-0.05, 0) is 64.5 Å². The molecular weight excluding hydrogens is 461 g/mol. The fourth-order valence-corrected chi connectivity index (χ4v) is 4.59. The first kappa shape index (κ1) is 21.4. The Labute approximate surface area is 189 Å². The Kier molecular flexibility index (Phi) is 5.56. The molecule has 1 aromatic carbocycles. The van der Waals surface area contributed by atoms with E-state index in [1.807, 2.05) is 6.92 Å². The van der Waals surface area contributed by atoms with Gasteiger partial charge >= 0.3 is 0 Å². The molecule has 160 valence electrons. The standard InChI is InChI=1S/C24H23BrFN3O2/c1-13-20(23(31)29-19-9-6-15(25)12-27-19)21(14-4-7-16(26)8-5-14)22-17(28-13)10-24(2,3)11-18(22)30/h4-9,12,21,28H,10-11H2,1-3H3,(H,27,29,31). The number of ketones is 1. The highest BCUT2D eigenvalue weighted by Crippen LogP contribution is 2.46. The van der Waals surface area contributed by atoms with Gasteiger partial charge in [0.15, 0.2) is 5.78 Å². The molecule has 1 unspecified atom stereocenters. The van der Waals surface area contributed by atoms with Crippen LogP contribution in [0, 0.1) is 11.2 Å². The number of hydrogen-bond acceptors (Lipinski definition) is 4. The lowest BCUT2D eigenvalue weighted by Crippen LogP contribution is -2.39. The van der Waals surface area contributed by atoms with E-state index in [9.17, 15) is 14.0 Å². The topological polar surface area (TPSA) is 71.1 Å². The van der Waals surface area contributed by atoms with Crippen LogP contribution in [-0.2, 0) is 9.59 Å². The van der Waals surface area contributed by atoms with E-state index in [1.54, 1.807) is 30.5 Å². The molecule has 1 aliphatic heterocycles. The minimum absolute atomic E-state index is 0.00708. The lowest BCUT2D eigenvalue weighted by molar-refractivity contribution is -0.118. The van der Waals surface area contributed by atoms with Crippen molar-refractivity contribution in [1.29, 1.82) is 0 Å². The molecule has 31 heavy (non-hydrogen) atoms. The molecule has 0 fully saturated rings. The zero-order valence-electron chi connectivity index (χ0n) is 17.6. The second kappa shape index (κ2) is 8.04. The zero-order chi connectivity index (χ0) is 22.3. The largest absolute Gasteiger partial charge is 0.362 e. The van der Waals surface area contributed by atoms with E-state index in [4.69, 9.17) is 0 Å². The highest BCUT2D eigenvalue weighted by atomic mass is 79.9. The Morgan fingerprint density at radius 2 is 1.90 bits per heavy atom. The predicted molar refractivity (Wildman–Crippen MR) is 121 cm³/mol. The van der Waals surface area contributed by atoms with E-state index in [0.29, 0.717) is 41.1 Å². The third kappa shape index (κ3) is 4.32. The molecule has 4 rings (SSSR count). The van der Waals surface area contributed by atoms with Gasteiger partial charge in [0.2, 0.25) is 0 Å². The molecule has 0 spiro atoms. The number of pyridine rings is 1. The van der Waals surface area contributed by atoms with Gasteiger partial charge in [0.05, 0.1) is 0 Å². The second-order valence-corrected chi connectivity index (χ2v) is 9.71. The number of rotatable bonds is 3. The lowest BCUT2D eigenvalue weighted by atomic mass is 9.68. The number of anilines is 1. The molecule has 1 aliphatic carbocycles. The van der Waals surface area contributed by atoms with Gasteiger partial charge in [-0.25, -0.2) is 9.37 Å². The first-order valence-electron chi connectivity index (χ1n) is 10.1. The maximum absolute atomic E-state index is 13.6. The van der Waals surface area contributed by atoms with E-state index in [-0.39, 0.29) is 22.9 Å². The number of carbonyl (C=O) groups is 2. The van der Waals surface area contributed by atoms with Crippen LogP contribution in [-0.4, -0.2) is 16.7 Å². The number of nitrogens with zero attached hydrogens (tertiary/aromatic N) is 1. The van der Waals surface area contributed by atoms with Crippen molar-refractivity contribution >= 4 is 33.4 Å². The van der Waals surface area contributed by atoms with Crippen LogP contribution in [0.4, 0.5) is 10.2 Å². The number of carbonyl (C=O) groups excluding carboxylic acids is 2. The minimum Gasteiger partial charge on any atom is -0.362 e. The van der Waals surface area contributed by atoms with Crippen molar-refractivity contribution in [2.24, 2.45) is 5.41 Å². The third-order valence-electron chi connectivity index (χ3n) is 5.66. The molecule has 5 nitrogen and oxygen atoms in total. The third-order valence-corrected chi connectivity index (χ3v) is 6.13. The first-order valence-corrected chi connectivity index (χ1v) is 10.9. The van der Waals surface area contributed by atoms with Crippen LogP contribution in [0.3, 0.4) is 0 Å². The molecule has 1 atom stereocenters. The summed E-state index contributed by atoms with van der Waals surface area (Å²) in [6.45, 7) is 5.95. The van der Waals surface area contributed by atoms with Crippen molar-refractivity contribution in [1.82, 2.24) is 10.3 Å². The molecule has 7 heteroatoms. The molecule has 2 N–H and O–H groups in total. The van der Waals surface area contributed by atoms with E-state index < -0.39 is 5.92 Å². The van der Waals surface area contributed by atoms with Crippen molar-refractivity contribution < 1.29 is 14.0 Å². The minimum atomic E-state index is -0.573. The summed E-state index contributed by atoms with van der Waals surface area (Å²) in [7, 11) is 0. The van der Waals surface area contributed by atoms with Crippen LogP contribution in [0.5, 0.6) is 0 Å². The van der Waals surface area contributed by atoms with Crippen molar-refractivity contribution in [2.75, 3.05) is 5.32 Å². The van der Waals surface area contributed by atoms with Gasteiger partial charge in [-0.2, -0.15) is 0 Å². The maximum Gasteiger partial charge on any atom is 0.255 e. The van der Waals surface area contributed by atoms with Gasteiger partial charge in [0.1, 0.15) is 11.6 Å². The Balaban J connectivity index is 1.79.